The Balaban J connectivity index is 3.01. The molecule has 4 heteroatoms. The quantitative estimate of drug-likeness (QED) is 0.252. The number of hydrogen-bond donors (Lipinski definition) is 2. The highest BCUT2D eigenvalue weighted by Crippen LogP contribution is 2.14. The molecule has 0 aliphatic carbocycles. The third-order valence-electron chi connectivity index (χ3n) is 5.10. The molecule has 0 bridgehead atoms. The van der Waals surface area contributed by atoms with Gasteiger partial charge in [0.25, 0.3) is 0 Å². The number of rotatable bonds is 21. The molecule has 0 saturated heterocycles. The molecule has 0 unspecified atom stereocenters. The van der Waals surface area contributed by atoms with Crippen LogP contribution in [0.1, 0.15) is 128 Å². The Labute approximate surface area is 161 Å². The molecule has 0 aromatic heterocycles. The lowest BCUT2D eigenvalue weighted by atomic mass is 10.0. The van der Waals surface area contributed by atoms with Crippen LogP contribution in [0.2, 0.25) is 0 Å². The van der Waals surface area contributed by atoms with Crippen LogP contribution in [0.25, 0.3) is 0 Å². The highest BCUT2D eigenvalue weighted by atomic mass is 16.1. The summed E-state index contributed by atoms with van der Waals surface area (Å²) < 4.78 is 0. The number of unbranched alkanes of at least 4 members (excludes halogenated alkanes) is 17. The van der Waals surface area contributed by atoms with Gasteiger partial charge in [0.15, 0.2) is 0 Å². The monoisotopic (exact) mass is 368 g/mol. The molecule has 0 aliphatic heterocycles. The van der Waals surface area contributed by atoms with E-state index in [-0.39, 0.29) is 11.8 Å². The summed E-state index contributed by atoms with van der Waals surface area (Å²) in [7, 11) is 0. The van der Waals surface area contributed by atoms with Crippen molar-refractivity contribution < 1.29 is 9.59 Å². The van der Waals surface area contributed by atoms with Gasteiger partial charge < -0.3 is 11.5 Å². The van der Waals surface area contributed by atoms with E-state index < -0.39 is 0 Å². The fourth-order valence-corrected chi connectivity index (χ4v) is 3.43. The highest BCUT2D eigenvalue weighted by molar-refractivity contribution is 5.73. The fraction of sp³-hybridized carbons (Fsp3) is 0.909. The van der Waals surface area contributed by atoms with Gasteiger partial charge in [0, 0.05) is 12.8 Å². The van der Waals surface area contributed by atoms with Crippen LogP contribution in [-0.4, -0.2) is 11.8 Å². The SMILES string of the molecule is NC(=O)CCCCCCCCCCCCCCCCCCCCC(N)=O. The van der Waals surface area contributed by atoms with Crippen molar-refractivity contribution in [3.63, 3.8) is 0 Å². The summed E-state index contributed by atoms with van der Waals surface area (Å²) in [6.07, 6.45) is 24.2. The van der Waals surface area contributed by atoms with E-state index in [9.17, 15) is 9.59 Å². The molecule has 0 rings (SSSR count). The van der Waals surface area contributed by atoms with E-state index in [0.717, 1.165) is 25.7 Å². The van der Waals surface area contributed by atoms with Gasteiger partial charge in [-0.25, -0.2) is 0 Å². The highest BCUT2D eigenvalue weighted by Gasteiger charge is 1.97. The molecule has 0 atom stereocenters. The van der Waals surface area contributed by atoms with Crippen LogP contribution in [0.5, 0.6) is 0 Å². The predicted octanol–water partition coefficient (Wildman–Crippen LogP) is 5.76. The second-order valence-corrected chi connectivity index (χ2v) is 7.80. The van der Waals surface area contributed by atoms with Gasteiger partial charge in [0.05, 0.1) is 0 Å². The van der Waals surface area contributed by atoms with Crippen LogP contribution in [0, 0.1) is 0 Å². The Morgan fingerprint density at radius 3 is 0.654 bits per heavy atom. The molecule has 0 spiro atoms. The molecule has 0 fully saturated rings. The van der Waals surface area contributed by atoms with Gasteiger partial charge in [-0.2, -0.15) is 0 Å². The van der Waals surface area contributed by atoms with Crippen LogP contribution in [0.15, 0.2) is 0 Å². The van der Waals surface area contributed by atoms with E-state index in [1.165, 1.54) is 89.9 Å². The maximum Gasteiger partial charge on any atom is 0.217 e. The van der Waals surface area contributed by atoms with Gasteiger partial charge in [-0.15, -0.1) is 0 Å². The Morgan fingerprint density at radius 1 is 0.346 bits per heavy atom. The Kier molecular flexibility index (Phi) is 19.4. The minimum Gasteiger partial charge on any atom is -0.370 e. The van der Waals surface area contributed by atoms with Crippen LogP contribution in [-0.2, 0) is 9.59 Å². The van der Waals surface area contributed by atoms with Crippen molar-refractivity contribution >= 4 is 11.8 Å². The van der Waals surface area contributed by atoms with Crippen molar-refractivity contribution in [1.29, 1.82) is 0 Å². The summed E-state index contributed by atoms with van der Waals surface area (Å²) in [5, 5.41) is 0. The minimum absolute atomic E-state index is 0.165. The molecular weight excluding hydrogens is 324 g/mol. The smallest absolute Gasteiger partial charge is 0.217 e. The molecule has 154 valence electrons. The van der Waals surface area contributed by atoms with Crippen molar-refractivity contribution in [3.8, 4) is 0 Å². The van der Waals surface area contributed by atoms with Crippen molar-refractivity contribution in [2.24, 2.45) is 11.5 Å². The Hall–Kier alpha value is -1.06. The number of primary amides is 2. The molecule has 0 aromatic carbocycles. The Bertz CT molecular complexity index is 300. The van der Waals surface area contributed by atoms with Gasteiger partial charge in [-0.3, -0.25) is 9.59 Å². The zero-order chi connectivity index (χ0) is 19.3. The average Bonchev–Trinajstić information content (AvgIpc) is 2.59. The maximum atomic E-state index is 10.6. The second-order valence-electron chi connectivity index (χ2n) is 7.80. The summed E-state index contributed by atoms with van der Waals surface area (Å²) >= 11 is 0. The molecule has 26 heavy (non-hydrogen) atoms. The van der Waals surface area contributed by atoms with Crippen LogP contribution >= 0.6 is 0 Å². The van der Waals surface area contributed by atoms with Gasteiger partial charge in [-0.1, -0.05) is 103 Å². The lowest BCUT2D eigenvalue weighted by Crippen LogP contribution is -2.09. The first-order valence-electron chi connectivity index (χ1n) is 11.2. The van der Waals surface area contributed by atoms with E-state index >= 15 is 0 Å². The Morgan fingerprint density at radius 2 is 0.500 bits per heavy atom. The standard InChI is InChI=1S/C22H44N2O2/c23-21(25)19-17-15-13-11-9-7-5-3-1-2-4-6-8-10-12-14-16-18-20-22(24)26/h1-20H2,(H2,23,25)(H2,24,26). The van der Waals surface area contributed by atoms with Crippen LogP contribution in [0.4, 0.5) is 0 Å². The number of nitrogens with two attached hydrogens (primary N) is 2. The minimum atomic E-state index is -0.165. The average molecular weight is 369 g/mol. The molecule has 0 heterocycles. The first-order chi connectivity index (χ1) is 12.6. The molecular formula is C22H44N2O2. The predicted molar refractivity (Wildman–Crippen MR) is 111 cm³/mol. The molecule has 0 radical (unpaired) electrons. The number of carbonyl (C=O) groups is 2. The van der Waals surface area contributed by atoms with Crippen molar-refractivity contribution in [2.45, 2.75) is 128 Å². The fourth-order valence-electron chi connectivity index (χ4n) is 3.43. The van der Waals surface area contributed by atoms with E-state index in [4.69, 9.17) is 11.5 Å². The largest absolute Gasteiger partial charge is 0.370 e. The molecule has 0 saturated carbocycles. The molecule has 0 aromatic rings. The third-order valence-corrected chi connectivity index (χ3v) is 5.10. The molecule has 2 amide bonds. The summed E-state index contributed by atoms with van der Waals surface area (Å²) in [4.78, 5) is 21.2. The summed E-state index contributed by atoms with van der Waals surface area (Å²) in [5.41, 5.74) is 10.3. The van der Waals surface area contributed by atoms with E-state index in [1.54, 1.807) is 0 Å². The van der Waals surface area contributed by atoms with Crippen molar-refractivity contribution in [3.05, 3.63) is 0 Å². The zero-order valence-electron chi connectivity index (χ0n) is 17.1. The van der Waals surface area contributed by atoms with Crippen molar-refractivity contribution in [2.75, 3.05) is 0 Å². The lowest BCUT2D eigenvalue weighted by Gasteiger charge is -2.04. The van der Waals surface area contributed by atoms with Crippen LogP contribution < -0.4 is 11.5 Å². The molecule has 0 aliphatic rings. The van der Waals surface area contributed by atoms with E-state index in [1.807, 2.05) is 0 Å². The summed E-state index contributed by atoms with van der Waals surface area (Å²) in [6.45, 7) is 0. The zero-order valence-corrected chi connectivity index (χ0v) is 17.1. The number of hydrogen-bond acceptors (Lipinski definition) is 2. The molecule has 4 nitrogen and oxygen atoms in total. The summed E-state index contributed by atoms with van der Waals surface area (Å²) in [5.74, 6) is -0.330. The van der Waals surface area contributed by atoms with Gasteiger partial charge >= 0.3 is 0 Å². The van der Waals surface area contributed by atoms with Crippen molar-refractivity contribution in [1.82, 2.24) is 0 Å². The first-order valence-corrected chi connectivity index (χ1v) is 11.2. The number of amides is 2. The summed E-state index contributed by atoms with van der Waals surface area (Å²) in [6, 6.07) is 0. The molecule has 4 N–H and O–H groups in total. The van der Waals surface area contributed by atoms with Crippen LogP contribution in [0.3, 0.4) is 0 Å². The van der Waals surface area contributed by atoms with Gasteiger partial charge in [0.2, 0.25) is 11.8 Å². The third kappa shape index (κ3) is 22.9. The van der Waals surface area contributed by atoms with Gasteiger partial charge in [-0.05, 0) is 12.8 Å². The lowest BCUT2D eigenvalue weighted by molar-refractivity contribution is -0.119. The normalized spacial score (nSPS) is 10.9. The van der Waals surface area contributed by atoms with E-state index in [0.29, 0.717) is 12.8 Å². The van der Waals surface area contributed by atoms with Gasteiger partial charge in [0.1, 0.15) is 0 Å². The topological polar surface area (TPSA) is 86.2 Å². The first kappa shape index (κ1) is 24.9. The maximum absolute atomic E-state index is 10.6. The second kappa shape index (κ2) is 20.3. The number of carbonyl (C=O) groups excluding carboxylic acids is 2. The van der Waals surface area contributed by atoms with E-state index in [2.05, 4.69) is 0 Å².